The molecule has 1 aliphatic rings. The van der Waals surface area contributed by atoms with Gasteiger partial charge in [-0.15, -0.1) is 0 Å². The van der Waals surface area contributed by atoms with Crippen molar-refractivity contribution in [3.05, 3.63) is 35.1 Å². The van der Waals surface area contributed by atoms with Crippen LogP contribution in [0, 0.1) is 17.1 Å². The minimum Gasteiger partial charge on any atom is -0.373 e. The first-order chi connectivity index (χ1) is 7.81. The zero-order valence-electron chi connectivity index (χ0n) is 9.08. The van der Waals surface area contributed by atoms with E-state index in [9.17, 15) is 4.39 Å². The topological polar surface area (TPSA) is 33.0 Å². The number of nitriles is 1. The molecule has 84 valence electrons. The van der Waals surface area contributed by atoms with Crippen molar-refractivity contribution in [3.8, 4) is 6.07 Å². The number of hydrogen-bond donors (Lipinski definition) is 0. The van der Waals surface area contributed by atoms with Gasteiger partial charge >= 0.3 is 0 Å². The standard InChI is InChI=1S/C13H14FNO/c14-13-10(8-15)4-3-5-11(13)9-16-12-6-1-2-7-12/h3-5,12H,1-2,6-7,9H2. The van der Waals surface area contributed by atoms with E-state index in [0.717, 1.165) is 12.8 Å². The summed E-state index contributed by atoms with van der Waals surface area (Å²) in [6.45, 7) is 0.270. The highest BCUT2D eigenvalue weighted by molar-refractivity contribution is 5.34. The molecule has 2 rings (SSSR count). The van der Waals surface area contributed by atoms with Gasteiger partial charge in [0.2, 0.25) is 0 Å². The molecule has 0 unspecified atom stereocenters. The Morgan fingerprint density at radius 3 is 2.81 bits per heavy atom. The SMILES string of the molecule is N#Cc1cccc(COC2CCCC2)c1F. The Morgan fingerprint density at radius 2 is 2.12 bits per heavy atom. The van der Waals surface area contributed by atoms with Gasteiger partial charge in [0.1, 0.15) is 11.9 Å². The summed E-state index contributed by atoms with van der Waals surface area (Å²) in [4.78, 5) is 0. The van der Waals surface area contributed by atoms with E-state index in [1.165, 1.54) is 18.9 Å². The normalized spacial score (nSPS) is 16.2. The molecule has 1 aromatic carbocycles. The lowest BCUT2D eigenvalue weighted by molar-refractivity contribution is 0.0441. The number of nitrogens with zero attached hydrogens (tertiary/aromatic N) is 1. The van der Waals surface area contributed by atoms with Crippen molar-refractivity contribution in [2.75, 3.05) is 0 Å². The molecule has 16 heavy (non-hydrogen) atoms. The van der Waals surface area contributed by atoms with Gasteiger partial charge in [0.05, 0.1) is 18.3 Å². The first-order valence-corrected chi connectivity index (χ1v) is 5.60. The van der Waals surface area contributed by atoms with Crippen LogP contribution >= 0.6 is 0 Å². The summed E-state index contributed by atoms with van der Waals surface area (Å²) in [6, 6.07) is 6.67. The summed E-state index contributed by atoms with van der Waals surface area (Å²) in [5, 5.41) is 8.69. The summed E-state index contributed by atoms with van der Waals surface area (Å²) in [6.07, 6.45) is 4.81. The highest BCUT2D eigenvalue weighted by Gasteiger charge is 2.16. The average molecular weight is 219 g/mol. The lowest BCUT2D eigenvalue weighted by Gasteiger charge is -2.11. The molecule has 1 saturated carbocycles. The van der Waals surface area contributed by atoms with E-state index < -0.39 is 5.82 Å². The van der Waals surface area contributed by atoms with Gasteiger partial charge in [-0.1, -0.05) is 25.0 Å². The van der Waals surface area contributed by atoms with Gasteiger partial charge in [-0.25, -0.2) is 4.39 Å². The predicted octanol–water partition coefficient (Wildman–Crippen LogP) is 3.16. The summed E-state index contributed by atoms with van der Waals surface area (Å²) >= 11 is 0. The molecule has 0 bridgehead atoms. The molecule has 0 saturated heterocycles. The van der Waals surface area contributed by atoms with Crippen LogP contribution in [-0.4, -0.2) is 6.10 Å². The molecule has 0 aliphatic heterocycles. The molecule has 0 radical (unpaired) electrons. The minimum atomic E-state index is -0.442. The van der Waals surface area contributed by atoms with Crippen LogP contribution in [0.5, 0.6) is 0 Å². The van der Waals surface area contributed by atoms with Gasteiger partial charge in [0, 0.05) is 5.56 Å². The molecule has 1 aliphatic carbocycles. The Balaban J connectivity index is 2.01. The third-order valence-corrected chi connectivity index (χ3v) is 2.98. The van der Waals surface area contributed by atoms with E-state index in [2.05, 4.69) is 0 Å². The van der Waals surface area contributed by atoms with Crippen molar-refractivity contribution in [1.29, 1.82) is 5.26 Å². The predicted molar refractivity (Wildman–Crippen MR) is 58.2 cm³/mol. The van der Waals surface area contributed by atoms with Crippen molar-refractivity contribution in [3.63, 3.8) is 0 Å². The summed E-state index contributed by atoms with van der Waals surface area (Å²) < 4.78 is 19.3. The minimum absolute atomic E-state index is 0.0903. The lowest BCUT2D eigenvalue weighted by Crippen LogP contribution is -2.08. The fraction of sp³-hybridized carbons (Fsp3) is 0.462. The van der Waals surface area contributed by atoms with E-state index in [1.54, 1.807) is 12.1 Å². The van der Waals surface area contributed by atoms with Crippen LogP contribution in [0.25, 0.3) is 0 Å². The van der Waals surface area contributed by atoms with Crippen LogP contribution in [0.1, 0.15) is 36.8 Å². The van der Waals surface area contributed by atoms with Crippen molar-refractivity contribution in [1.82, 2.24) is 0 Å². The first-order valence-electron chi connectivity index (χ1n) is 5.60. The number of halogens is 1. The lowest BCUT2D eigenvalue weighted by atomic mass is 10.1. The number of rotatable bonds is 3. The van der Waals surface area contributed by atoms with E-state index in [-0.39, 0.29) is 18.3 Å². The zero-order valence-corrected chi connectivity index (χ0v) is 9.08. The molecule has 2 nitrogen and oxygen atoms in total. The van der Waals surface area contributed by atoms with Crippen LogP contribution in [-0.2, 0) is 11.3 Å². The Kier molecular flexibility index (Phi) is 3.53. The maximum absolute atomic E-state index is 13.6. The van der Waals surface area contributed by atoms with E-state index >= 15 is 0 Å². The van der Waals surface area contributed by atoms with Crippen LogP contribution in [0.15, 0.2) is 18.2 Å². The maximum Gasteiger partial charge on any atom is 0.146 e. The largest absolute Gasteiger partial charge is 0.373 e. The smallest absolute Gasteiger partial charge is 0.146 e. The average Bonchev–Trinajstić information content (AvgIpc) is 2.81. The van der Waals surface area contributed by atoms with E-state index in [1.807, 2.05) is 6.07 Å². The van der Waals surface area contributed by atoms with E-state index in [0.29, 0.717) is 5.56 Å². The number of ether oxygens (including phenoxy) is 1. The molecule has 0 amide bonds. The Labute approximate surface area is 94.7 Å². The van der Waals surface area contributed by atoms with Crippen LogP contribution in [0.2, 0.25) is 0 Å². The van der Waals surface area contributed by atoms with Gasteiger partial charge in [-0.05, 0) is 18.9 Å². The molecule has 0 spiro atoms. The molecule has 0 N–H and O–H groups in total. The van der Waals surface area contributed by atoms with Crippen molar-refractivity contribution in [2.45, 2.75) is 38.4 Å². The fourth-order valence-electron chi connectivity index (χ4n) is 2.04. The Morgan fingerprint density at radius 1 is 1.38 bits per heavy atom. The van der Waals surface area contributed by atoms with E-state index in [4.69, 9.17) is 10.00 Å². The van der Waals surface area contributed by atoms with Gasteiger partial charge < -0.3 is 4.74 Å². The highest BCUT2D eigenvalue weighted by Crippen LogP contribution is 2.23. The quantitative estimate of drug-likeness (QED) is 0.782. The third-order valence-electron chi connectivity index (χ3n) is 2.98. The zero-order chi connectivity index (χ0) is 11.4. The summed E-state index contributed by atoms with van der Waals surface area (Å²) in [5.74, 6) is -0.442. The van der Waals surface area contributed by atoms with Gasteiger partial charge in [0.25, 0.3) is 0 Å². The second kappa shape index (κ2) is 5.09. The highest BCUT2D eigenvalue weighted by atomic mass is 19.1. The summed E-state index contributed by atoms with van der Waals surface area (Å²) in [5.41, 5.74) is 0.568. The second-order valence-electron chi connectivity index (χ2n) is 4.11. The molecule has 0 heterocycles. The van der Waals surface area contributed by atoms with Crippen LogP contribution in [0.4, 0.5) is 4.39 Å². The molecule has 3 heteroatoms. The van der Waals surface area contributed by atoms with Crippen LogP contribution < -0.4 is 0 Å². The molecule has 0 atom stereocenters. The maximum atomic E-state index is 13.6. The van der Waals surface area contributed by atoms with Crippen molar-refractivity contribution in [2.24, 2.45) is 0 Å². The van der Waals surface area contributed by atoms with Crippen LogP contribution in [0.3, 0.4) is 0 Å². The summed E-state index contributed by atoms with van der Waals surface area (Å²) in [7, 11) is 0. The Bertz CT molecular complexity index is 405. The third kappa shape index (κ3) is 2.40. The Hall–Kier alpha value is -1.40. The molecular formula is C13H14FNO. The molecular weight excluding hydrogens is 205 g/mol. The van der Waals surface area contributed by atoms with Gasteiger partial charge in [0.15, 0.2) is 0 Å². The monoisotopic (exact) mass is 219 g/mol. The molecule has 1 aromatic rings. The first kappa shape index (κ1) is 11.1. The van der Waals surface area contributed by atoms with Crippen molar-refractivity contribution < 1.29 is 9.13 Å². The van der Waals surface area contributed by atoms with Crippen molar-refractivity contribution >= 4 is 0 Å². The second-order valence-corrected chi connectivity index (χ2v) is 4.11. The molecule has 1 fully saturated rings. The van der Waals surface area contributed by atoms with Gasteiger partial charge in [-0.3, -0.25) is 0 Å². The number of benzene rings is 1. The molecule has 0 aromatic heterocycles. The fourth-order valence-corrected chi connectivity index (χ4v) is 2.04. The van der Waals surface area contributed by atoms with Gasteiger partial charge in [-0.2, -0.15) is 5.26 Å². The number of hydrogen-bond acceptors (Lipinski definition) is 2.